The summed E-state index contributed by atoms with van der Waals surface area (Å²) in [5.74, 6) is 5.05. The number of nitrogens with zero attached hydrogens (tertiary/aromatic N) is 2. The number of anilines is 3. The fourth-order valence-corrected chi connectivity index (χ4v) is 1.86. The molecule has 1 aromatic carbocycles. The monoisotopic (exact) mass is 341 g/mol. The van der Waals surface area contributed by atoms with Gasteiger partial charge in [0.2, 0.25) is 5.82 Å². The van der Waals surface area contributed by atoms with Crippen LogP contribution in [0, 0.1) is 15.9 Å². The lowest BCUT2D eigenvalue weighted by atomic mass is 10.3. The van der Waals surface area contributed by atoms with Crippen LogP contribution < -0.4 is 16.6 Å². The van der Waals surface area contributed by atoms with Gasteiger partial charge in [0.25, 0.3) is 0 Å². The van der Waals surface area contributed by atoms with Gasteiger partial charge in [0, 0.05) is 11.8 Å². The highest BCUT2D eigenvalue weighted by molar-refractivity contribution is 9.10. The molecule has 7 nitrogen and oxygen atoms in total. The fourth-order valence-electron chi connectivity index (χ4n) is 1.48. The van der Waals surface area contributed by atoms with E-state index in [0.29, 0.717) is 5.69 Å². The first-order valence-corrected chi connectivity index (χ1v) is 6.14. The molecule has 0 spiro atoms. The lowest BCUT2D eigenvalue weighted by molar-refractivity contribution is -0.384. The van der Waals surface area contributed by atoms with Gasteiger partial charge in [-0.2, -0.15) is 0 Å². The van der Waals surface area contributed by atoms with Gasteiger partial charge in [0.15, 0.2) is 0 Å². The lowest BCUT2D eigenvalue weighted by Crippen LogP contribution is -2.10. The number of nitro groups is 1. The average Bonchev–Trinajstić information content (AvgIpc) is 2.42. The highest BCUT2D eigenvalue weighted by Crippen LogP contribution is 2.28. The van der Waals surface area contributed by atoms with E-state index >= 15 is 0 Å². The SMILES string of the molecule is NNc1ccc([N+](=O)[O-])c(Nc2ccc(F)c(Br)c2)n1. The average molecular weight is 342 g/mol. The molecule has 0 aliphatic rings. The first-order chi connectivity index (χ1) is 9.51. The van der Waals surface area contributed by atoms with Crippen LogP contribution in [0.2, 0.25) is 0 Å². The van der Waals surface area contributed by atoms with Gasteiger partial charge in [-0.25, -0.2) is 15.2 Å². The zero-order valence-electron chi connectivity index (χ0n) is 9.93. The lowest BCUT2D eigenvalue weighted by Gasteiger charge is -2.08. The minimum atomic E-state index is -0.575. The Morgan fingerprint density at radius 2 is 2.10 bits per heavy atom. The molecule has 0 atom stereocenters. The molecule has 0 saturated carbocycles. The number of aromatic nitrogens is 1. The largest absolute Gasteiger partial charge is 0.334 e. The third-order valence-electron chi connectivity index (χ3n) is 2.40. The molecule has 0 aliphatic heterocycles. The topological polar surface area (TPSA) is 106 Å². The number of pyridine rings is 1. The van der Waals surface area contributed by atoms with Crippen LogP contribution in [-0.2, 0) is 0 Å². The smallest absolute Gasteiger partial charge is 0.311 e. The van der Waals surface area contributed by atoms with Crippen molar-refractivity contribution in [2.24, 2.45) is 5.84 Å². The summed E-state index contributed by atoms with van der Waals surface area (Å²) in [6, 6.07) is 6.76. The van der Waals surface area contributed by atoms with Crippen molar-refractivity contribution in [1.29, 1.82) is 0 Å². The molecular weight excluding hydrogens is 333 g/mol. The Morgan fingerprint density at radius 3 is 2.70 bits per heavy atom. The van der Waals surface area contributed by atoms with Gasteiger partial charge in [-0.3, -0.25) is 10.1 Å². The van der Waals surface area contributed by atoms with Crippen molar-refractivity contribution in [3.63, 3.8) is 0 Å². The zero-order chi connectivity index (χ0) is 14.7. The Morgan fingerprint density at radius 1 is 1.35 bits per heavy atom. The zero-order valence-corrected chi connectivity index (χ0v) is 11.5. The molecular formula is C11H9BrFN5O2. The first kappa shape index (κ1) is 14.2. The molecule has 2 aromatic rings. The van der Waals surface area contributed by atoms with E-state index in [1.807, 2.05) is 0 Å². The van der Waals surface area contributed by atoms with E-state index in [9.17, 15) is 14.5 Å². The van der Waals surface area contributed by atoms with Gasteiger partial charge in [-0.1, -0.05) is 0 Å². The summed E-state index contributed by atoms with van der Waals surface area (Å²) < 4.78 is 13.4. The summed E-state index contributed by atoms with van der Waals surface area (Å²) in [4.78, 5) is 14.3. The summed E-state index contributed by atoms with van der Waals surface area (Å²) >= 11 is 3.03. The minimum Gasteiger partial charge on any atom is -0.334 e. The Balaban J connectivity index is 2.40. The molecule has 0 unspecified atom stereocenters. The molecule has 2 rings (SSSR count). The second-order valence-corrected chi connectivity index (χ2v) is 4.57. The van der Waals surface area contributed by atoms with Crippen LogP contribution in [0.25, 0.3) is 0 Å². The summed E-state index contributed by atoms with van der Waals surface area (Å²) in [5.41, 5.74) is 2.53. The minimum absolute atomic E-state index is 0.00366. The van der Waals surface area contributed by atoms with Gasteiger partial charge < -0.3 is 10.7 Å². The van der Waals surface area contributed by atoms with Gasteiger partial charge >= 0.3 is 5.69 Å². The Bertz CT molecular complexity index is 667. The third kappa shape index (κ3) is 3.00. The molecule has 0 aliphatic carbocycles. The maximum atomic E-state index is 13.1. The van der Waals surface area contributed by atoms with Crippen molar-refractivity contribution in [2.75, 3.05) is 10.7 Å². The van der Waals surface area contributed by atoms with Crippen LogP contribution in [0.3, 0.4) is 0 Å². The number of halogens is 2. The van der Waals surface area contributed by atoms with Crippen molar-refractivity contribution < 1.29 is 9.31 Å². The number of rotatable bonds is 4. The Labute approximate surface area is 121 Å². The van der Waals surface area contributed by atoms with Crippen LogP contribution in [0.5, 0.6) is 0 Å². The van der Waals surface area contributed by atoms with E-state index in [-0.39, 0.29) is 21.8 Å². The standard InChI is InChI=1S/C11H9BrFN5O2/c12-7-5-6(1-2-8(7)13)15-11-9(18(19)20)3-4-10(16-11)17-14/h1-5H,14H2,(H2,15,16,17). The molecule has 0 bridgehead atoms. The predicted molar refractivity (Wildman–Crippen MR) is 76.1 cm³/mol. The van der Waals surface area contributed by atoms with Crippen LogP contribution in [0.15, 0.2) is 34.8 Å². The highest BCUT2D eigenvalue weighted by atomic mass is 79.9. The number of benzene rings is 1. The number of nitrogens with two attached hydrogens (primary N) is 1. The van der Waals surface area contributed by atoms with Gasteiger partial charge in [0.1, 0.15) is 11.6 Å². The molecule has 9 heteroatoms. The molecule has 1 aromatic heterocycles. The van der Waals surface area contributed by atoms with Crippen molar-refractivity contribution in [3.05, 3.63) is 50.7 Å². The number of hydrogen-bond acceptors (Lipinski definition) is 6. The molecule has 0 saturated heterocycles. The van der Waals surface area contributed by atoms with E-state index in [2.05, 4.69) is 31.7 Å². The third-order valence-corrected chi connectivity index (χ3v) is 3.01. The number of hydrogen-bond donors (Lipinski definition) is 3. The van der Waals surface area contributed by atoms with Crippen LogP contribution in [-0.4, -0.2) is 9.91 Å². The molecule has 4 N–H and O–H groups in total. The van der Waals surface area contributed by atoms with Crippen molar-refractivity contribution >= 4 is 38.9 Å². The summed E-state index contributed by atoms with van der Waals surface area (Å²) in [6.07, 6.45) is 0. The Kier molecular flexibility index (Phi) is 4.11. The van der Waals surface area contributed by atoms with E-state index in [1.165, 1.54) is 30.3 Å². The van der Waals surface area contributed by atoms with Crippen molar-refractivity contribution in [3.8, 4) is 0 Å². The molecule has 0 amide bonds. The van der Waals surface area contributed by atoms with E-state index < -0.39 is 10.7 Å². The highest BCUT2D eigenvalue weighted by Gasteiger charge is 2.16. The van der Waals surface area contributed by atoms with Gasteiger partial charge in [0.05, 0.1) is 9.40 Å². The summed E-state index contributed by atoms with van der Waals surface area (Å²) in [7, 11) is 0. The molecule has 0 fully saturated rings. The van der Waals surface area contributed by atoms with E-state index in [4.69, 9.17) is 5.84 Å². The quantitative estimate of drug-likeness (QED) is 0.448. The maximum absolute atomic E-state index is 13.1. The second kappa shape index (κ2) is 5.80. The normalized spacial score (nSPS) is 10.2. The van der Waals surface area contributed by atoms with Crippen molar-refractivity contribution in [1.82, 2.24) is 4.98 Å². The number of hydrazine groups is 1. The predicted octanol–water partition coefficient (Wildman–Crippen LogP) is 2.92. The summed E-state index contributed by atoms with van der Waals surface area (Å²) in [5, 5.41) is 13.7. The Hall–Kier alpha value is -2.26. The fraction of sp³-hybridized carbons (Fsp3) is 0. The summed E-state index contributed by atoms with van der Waals surface area (Å²) in [6.45, 7) is 0. The molecule has 1 heterocycles. The van der Waals surface area contributed by atoms with E-state index in [1.54, 1.807) is 0 Å². The first-order valence-electron chi connectivity index (χ1n) is 5.35. The second-order valence-electron chi connectivity index (χ2n) is 3.72. The van der Waals surface area contributed by atoms with Crippen molar-refractivity contribution in [2.45, 2.75) is 0 Å². The van der Waals surface area contributed by atoms with E-state index in [0.717, 1.165) is 0 Å². The van der Waals surface area contributed by atoms with Gasteiger partial charge in [-0.05, 0) is 40.2 Å². The van der Waals surface area contributed by atoms with Crippen LogP contribution in [0.4, 0.5) is 27.4 Å². The van der Waals surface area contributed by atoms with Crippen LogP contribution in [0.1, 0.15) is 0 Å². The number of nitrogens with one attached hydrogen (secondary N) is 2. The molecule has 104 valence electrons. The molecule has 20 heavy (non-hydrogen) atoms. The molecule has 0 radical (unpaired) electrons. The number of nitrogen functional groups attached to an aromatic ring is 1. The van der Waals surface area contributed by atoms with Gasteiger partial charge in [-0.15, -0.1) is 0 Å². The van der Waals surface area contributed by atoms with Crippen LogP contribution >= 0.6 is 15.9 Å². The maximum Gasteiger partial charge on any atom is 0.311 e.